The van der Waals surface area contributed by atoms with Gasteiger partial charge in [-0.3, -0.25) is 4.79 Å². The fourth-order valence-electron chi connectivity index (χ4n) is 1.90. The van der Waals surface area contributed by atoms with E-state index in [-0.39, 0.29) is 18.3 Å². The summed E-state index contributed by atoms with van der Waals surface area (Å²) < 4.78 is 0. The van der Waals surface area contributed by atoms with Gasteiger partial charge >= 0.3 is 0 Å². The number of likely N-dealkylation sites (N-methyl/N-ethyl adjacent to an activating group) is 1. The number of carbonyl (C=O) groups excluding carboxylic acids is 1. The van der Waals surface area contributed by atoms with Crippen LogP contribution in [0, 0.1) is 13.8 Å². The predicted molar refractivity (Wildman–Crippen MR) is 74.8 cm³/mol. The molecular weight excluding hydrogens is 236 g/mol. The number of benzene rings is 1. The van der Waals surface area contributed by atoms with Gasteiger partial charge in [0, 0.05) is 12.2 Å². The molecule has 1 atom stereocenters. The smallest absolute Gasteiger partial charge is 0.243 e. The molecule has 3 nitrogen and oxygen atoms in total. The van der Waals surface area contributed by atoms with Crippen LogP contribution < -0.4 is 10.6 Å². The van der Waals surface area contributed by atoms with Crippen LogP contribution in [-0.2, 0) is 4.79 Å². The number of aryl methyl sites for hydroxylation is 2. The van der Waals surface area contributed by atoms with Crippen molar-refractivity contribution in [1.82, 2.24) is 0 Å². The number of hydrogen-bond donors (Lipinski definition) is 1. The van der Waals surface area contributed by atoms with E-state index >= 15 is 0 Å². The van der Waals surface area contributed by atoms with Gasteiger partial charge in [-0.05, 0) is 38.8 Å². The first kappa shape index (κ1) is 15.9. The number of hydrogen-bond acceptors (Lipinski definition) is 2. The predicted octanol–water partition coefficient (Wildman–Crippen LogP) is 2.43. The number of carbonyl (C=O) groups is 1. The summed E-state index contributed by atoms with van der Waals surface area (Å²) in [4.78, 5) is 13.7. The maximum Gasteiger partial charge on any atom is 0.243 e. The zero-order valence-corrected chi connectivity index (χ0v) is 11.7. The van der Waals surface area contributed by atoms with Crippen molar-refractivity contribution >= 4 is 24.0 Å². The quantitative estimate of drug-likeness (QED) is 0.903. The molecule has 0 aromatic heterocycles. The van der Waals surface area contributed by atoms with Gasteiger partial charge in [0.2, 0.25) is 5.91 Å². The van der Waals surface area contributed by atoms with Crippen LogP contribution in [0.25, 0.3) is 0 Å². The summed E-state index contributed by atoms with van der Waals surface area (Å²) in [6.45, 7) is 8.36. The highest BCUT2D eigenvalue weighted by molar-refractivity contribution is 5.98. The molecule has 0 aliphatic carbocycles. The van der Waals surface area contributed by atoms with Crippen molar-refractivity contribution in [3.8, 4) is 0 Å². The lowest BCUT2D eigenvalue weighted by Gasteiger charge is -2.26. The Labute approximate surface area is 109 Å². The molecule has 0 fully saturated rings. The molecule has 0 bridgehead atoms. The second kappa shape index (κ2) is 6.62. The van der Waals surface area contributed by atoms with Gasteiger partial charge in [0.15, 0.2) is 0 Å². The lowest BCUT2D eigenvalue weighted by Crippen LogP contribution is -2.42. The SMILES string of the molecule is CCN(C(=O)[C@H](C)N)c1c(C)cccc1C.Cl. The molecule has 0 spiro atoms. The van der Waals surface area contributed by atoms with Gasteiger partial charge in [0.25, 0.3) is 0 Å². The molecule has 0 saturated heterocycles. The molecule has 0 unspecified atom stereocenters. The Kier molecular flexibility index (Phi) is 6.21. The average Bonchev–Trinajstić information content (AvgIpc) is 2.22. The van der Waals surface area contributed by atoms with Gasteiger partial charge in [-0.15, -0.1) is 12.4 Å². The van der Waals surface area contributed by atoms with Crippen LogP contribution >= 0.6 is 12.4 Å². The van der Waals surface area contributed by atoms with E-state index < -0.39 is 6.04 Å². The third-order valence-corrected chi connectivity index (χ3v) is 2.68. The molecular formula is C13H21ClN2O. The van der Waals surface area contributed by atoms with E-state index in [9.17, 15) is 4.79 Å². The van der Waals surface area contributed by atoms with E-state index in [0.29, 0.717) is 6.54 Å². The summed E-state index contributed by atoms with van der Waals surface area (Å²) in [6.07, 6.45) is 0. The van der Waals surface area contributed by atoms with Crippen LogP contribution in [0.2, 0.25) is 0 Å². The van der Waals surface area contributed by atoms with Crippen molar-refractivity contribution in [3.63, 3.8) is 0 Å². The summed E-state index contributed by atoms with van der Waals surface area (Å²) in [7, 11) is 0. The Hall–Kier alpha value is -1.06. The number of amides is 1. The summed E-state index contributed by atoms with van der Waals surface area (Å²) in [5, 5.41) is 0. The van der Waals surface area contributed by atoms with Crippen molar-refractivity contribution in [2.75, 3.05) is 11.4 Å². The number of halogens is 1. The van der Waals surface area contributed by atoms with E-state index in [0.717, 1.165) is 16.8 Å². The van der Waals surface area contributed by atoms with E-state index in [2.05, 4.69) is 0 Å². The Balaban J connectivity index is 0.00000256. The Bertz CT molecular complexity index is 371. The molecule has 1 amide bonds. The van der Waals surface area contributed by atoms with Gasteiger partial charge in [-0.25, -0.2) is 0 Å². The molecule has 1 aromatic carbocycles. The lowest BCUT2D eigenvalue weighted by molar-refractivity contribution is -0.119. The highest BCUT2D eigenvalue weighted by Gasteiger charge is 2.20. The molecule has 0 radical (unpaired) electrons. The zero-order valence-electron chi connectivity index (χ0n) is 10.9. The molecule has 0 aliphatic rings. The second-order valence-electron chi connectivity index (χ2n) is 4.11. The minimum Gasteiger partial charge on any atom is -0.320 e. The first-order chi connectivity index (χ1) is 7.49. The standard InChI is InChI=1S/C13H20N2O.ClH/c1-5-15(13(16)11(4)14)12-9(2)7-6-8-10(12)3;/h6-8,11H,5,14H2,1-4H3;1H/t11-;/m0./s1. The molecule has 17 heavy (non-hydrogen) atoms. The number of rotatable bonds is 3. The Morgan fingerprint density at radius 2 is 1.82 bits per heavy atom. The van der Waals surface area contributed by atoms with Gasteiger partial charge in [-0.2, -0.15) is 0 Å². The van der Waals surface area contributed by atoms with Crippen molar-refractivity contribution in [2.24, 2.45) is 5.73 Å². The fraction of sp³-hybridized carbons (Fsp3) is 0.462. The maximum absolute atomic E-state index is 12.0. The number of anilines is 1. The van der Waals surface area contributed by atoms with Crippen LogP contribution in [-0.4, -0.2) is 18.5 Å². The van der Waals surface area contributed by atoms with Crippen molar-refractivity contribution in [2.45, 2.75) is 33.7 Å². The normalized spacial score (nSPS) is 11.6. The van der Waals surface area contributed by atoms with E-state index in [1.54, 1.807) is 11.8 Å². The summed E-state index contributed by atoms with van der Waals surface area (Å²) in [5.41, 5.74) is 8.87. The van der Waals surface area contributed by atoms with Crippen molar-refractivity contribution in [3.05, 3.63) is 29.3 Å². The van der Waals surface area contributed by atoms with Crippen LogP contribution in [0.15, 0.2) is 18.2 Å². The van der Waals surface area contributed by atoms with Gasteiger partial charge in [0.1, 0.15) is 0 Å². The summed E-state index contributed by atoms with van der Waals surface area (Å²) in [6, 6.07) is 5.57. The number of para-hydroxylation sites is 1. The molecule has 0 aliphatic heterocycles. The van der Waals surface area contributed by atoms with Crippen LogP contribution in [0.3, 0.4) is 0 Å². The van der Waals surface area contributed by atoms with Gasteiger partial charge < -0.3 is 10.6 Å². The monoisotopic (exact) mass is 256 g/mol. The highest BCUT2D eigenvalue weighted by atomic mass is 35.5. The number of nitrogens with two attached hydrogens (primary N) is 1. The zero-order chi connectivity index (χ0) is 12.3. The Morgan fingerprint density at radius 3 is 2.18 bits per heavy atom. The molecule has 1 rings (SSSR count). The fourth-order valence-corrected chi connectivity index (χ4v) is 1.90. The van der Waals surface area contributed by atoms with Crippen molar-refractivity contribution < 1.29 is 4.79 Å². The third-order valence-electron chi connectivity index (χ3n) is 2.68. The van der Waals surface area contributed by atoms with E-state index in [1.165, 1.54) is 0 Å². The highest BCUT2D eigenvalue weighted by Crippen LogP contribution is 2.24. The van der Waals surface area contributed by atoms with E-state index in [4.69, 9.17) is 5.73 Å². The summed E-state index contributed by atoms with van der Waals surface area (Å²) >= 11 is 0. The molecule has 2 N–H and O–H groups in total. The van der Waals surface area contributed by atoms with E-state index in [1.807, 2.05) is 39.0 Å². The third kappa shape index (κ3) is 3.45. The minimum atomic E-state index is -0.459. The largest absolute Gasteiger partial charge is 0.320 e. The molecule has 4 heteroatoms. The van der Waals surface area contributed by atoms with Crippen LogP contribution in [0.4, 0.5) is 5.69 Å². The van der Waals surface area contributed by atoms with Crippen LogP contribution in [0.5, 0.6) is 0 Å². The second-order valence-corrected chi connectivity index (χ2v) is 4.11. The average molecular weight is 257 g/mol. The summed E-state index contributed by atoms with van der Waals surface area (Å²) in [5.74, 6) is -0.0279. The molecule has 0 saturated carbocycles. The van der Waals surface area contributed by atoms with Gasteiger partial charge in [0.05, 0.1) is 6.04 Å². The first-order valence-electron chi connectivity index (χ1n) is 5.62. The lowest BCUT2D eigenvalue weighted by atomic mass is 10.1. The van der Waals surface area contributed by atoms with Crippen molar-refractivity contribution in [1.29, 1.82) is 0 Å². The number of nitrogens with zero attached hydrogens (tertiary/aromatic N) is 1. The maximum atomic E-state index is 12.0. The first-order valence-corrected chi connectivity index (χ1v) is 5.62. The van der Waals surface area contributed by atoms with Crippen LogP contribution in [0.1, 0.15) is 25.0 Å². The van der Waals surface area contributed by atoms with Gasteiger partial charge in [-0.1, -0.05) is 18.2 Å². The minimum absolute atomic E-state index is 0. The Morgan fingerprint density at radius 1 is 1.35 bits per heavy atom. The molecule has 0 heterocycles. The topological polar surface area (TPSA) is 46.3 Å². The molecule has 96 valence electrons. The molecule has 1 aromatic rings.